The van der Waals surface area contributed by atoms with Crippen molar-refractivity contribution in [3.63, 3.8) is 0 Å². The molecule has 1 amide bonds. The summed E-state index contributed by atoms with van der Waals surface area (Å²) in [7, 11) is 1.69. The van der Waals surface area contributed by atoms with Crippen molar-refractivity contribution in [2.24, 2.45) is 0 Å². The minimum Gasteiger partial charge on any atom is -0.497 e. The zero-order valence-electron chi connectivity index (χ0n) is 11.5. The number of amides is 1. The van der Waals surface area contributed by atoms with Gasteiger partial charge in [0.25, 0.3) is 0 Å². The lowest BCUT2D eigenvalue weighted by Gasteiger charge is -2.38. The molecule has 0 radical (unpaired) electrons. The molecule has 2 aliphatic rings. The summed E-state index contributed by atoms with van der Waals surface area (Å²) in [5.41, 5.74) is 2.50. The number of fused-ring (bicyclic) bond motifs is 1. The van der Waals surface area contributed by atoms with Crippen molar-refractivity contribution in [1.82, 2.24) is 10.2 Å². The molecule has 0 spiro atoms. The molecule has 4 nitrogen and oxygen atoms in total. The highest BCUT2D eigenvalue weighted by atomic mass is 16.5. The van der Waals surface area contributed by atoms with E-state index in [1.54, 1.807) is 7.11 Å². The number of nitrogens with one attached hydrogen (secondary N) is 1. The molecule has 0 aliphatic carbocycles. The van der Waals surface area contributed by atoms with Crippen LogP contribution in [0.1, 0.15) is 30.0 Å². The SMILES string of the molecule is COc1ccc(C2NCCN3C(=O)CCC23)c(C)c1. The van der Waals surface area contributed by atoms with Crippen molar-refractivity contribution in [2.45, 2.75) is 31.8 Å². The minimum absolute atomic E-state index is 0.256. The Hall–Kier alpha value is -1.55. The largest absolute Gasteiger partial charge is 0.497 e. The van der Waals surface area contributed by atoms with E-state index in [0.717, 1.165) is 25.3 Å². The Morgan fingerprint density at radius 1 is 1.42 bits per heavy atom. The highest BCUT2D eigenvalue weighted by molar-refractivity contribution is 5.79. The van der Waals surface area contributed by atoms with Crippen LogP contribution in [0.2, 0.25) is 0 Å². The van der Waals surface area contributed by atoms with E-state index in [0.29, 0.717) is 18.4 Å². The second-order valence-corrected chi connectivity index (χ2v) is 5.35. The lowest BCUT2D eigenvalue weighted by Crippen LogP contribution is -2.51. The maximum atomic E-state index is 11.8. The van der Waals surface area contributed by atoms with Gasteiger partial charge < -0.3 is 15.0 Å². The van der Waals surface area contributed by atoms with Crippen molar-refractivity contribution in [3.8, 4) is 5.75 Å². The molecular weight excluding hydrogens is 240 g/mol. The van der Waals surface area contributed by atoms with Gasteiger partial charge in [0.15, 0.2) is 0 Å². The van der Waals surface area contributed by atoms with E-state index in [1.165, 1.54) is 11.1 Å². The smallest absolute Gasteiger partial charge is 0.223 e. The Kier molecular flexibility index (Phi) is 3.19. The molecule has 2 unspecified atom stereocenters. The van der Waals surface area contributed by atoms with Crippen LogP contribution in [0.15, 0.2) is 18.2 Å². The predicted octanol–water partition coefficient (Wildman–Crippen LogP) is 1.64. The van der Waals surface area contributed by atoms with Gasteiger partial charge in [-0.2, -0.15) is 0 Å². The number of ether oxygens (including phenoxy) is 1. The summed E-state index contributed by atoms with van der Waals surface area (Å²) in [6.07, 6.45) is 1.65. The number of nitrogens with zero attached hydrogens (tertiary/aromatic N) is 1. The second-order valence-electron chi connectivity index (χ2n) is 5.35. The maximum absolute atomic E-state index is 11.8. The maximum Gasteiger partial charge on any atom is 0.223 e. The molecule has 0 aromatic heterocycles. The zero-order valence-corrected chi connectivity index (χ0v) is 11.5. The molecule has 1 aromatic carbocycles. The Balaban J connectivity index is 1.91. The van der Waals surface area contributed by atoms with Gasteiger partial charge in [0.1, 0.15) is 5.75 Å². The van der Waals surface area contributed by atoms with Crippen LogP contribution in [-0.2, 0) is 4.79 Å². The number of carbonyl (C=O) groups is 1. The first kappa shape index (κ1) is 12.5. The lowest BCUT2D eigenvalue weighted by molar-refractivity contribution is -0.130. The van der Waals surface area contributed by atoms with Crippen molar-refractivity contribution in [1.29, 1.82) is 0 Å². The van der Waals surface area contributed by atoms with Gasteiger partial charge in [-0.15, -0.1) is 0 Å². The minimum atomic E-state index is 0.256. The van der Waals surface area contributed by atoms with Crippen LogP contribution in [0.5, 0.6) is 5.75 Å². The molecule has 4 heteroatoms. The fraction of sp³-hybridized carbons (Fsp3) is 0.533. The van der Waals surface area contributed by atoms with Gasteiger partial charge in [0, 0.05) is 19.5 Å². The van der Waals surface area contributed by atoms with Crippen molar-refractivity contribution < 1.29 is 9.53 Å². The number of benzene rings is 1. The molecule has 19 heavy (non-hydrogen) atoms. The predicted molar refractivity (Wildman–Crippen MR) is 73.2 cm³/mol. The second kappa shape index (κ2) is 4.85. The number of carbonyl (C=O) groups excluding carboxylic acids is 1. The standard InChI is InChI=1S/C15H20N2O2/c1-10-9-11(19-2)3-4-12(10)15-13-5-6-14(18)17(13)8-7-16-15/h3-4,9,13,15-16H,5-8H2,1-2H3. The summed E-state index contributed by atoms with van der Waals surface area (Å²) < 4.78 is 5.26. The van der Waals surface area contributed by atoms with Crippen LogP contribution in [-0.4, -0.2) is 37.0 Å². The van der Waals surface area contributed by atoms with E-state index in [2.05, 4.69) is 24.4 Å². The molecule has 102 valence electrons. The molecule has 3 rings (SSSR count). The van der Waals surface area contributed by atoms with Gasteiger partial charge in [-0.1, -0.05) is 6.07 Å². The third-order valence-corrected chi connectivity index (χ3v) is 4.29. The Labute approximate surface area is 113 Å². The number of rotatable bonds is 2. The van der Waals surface area contributed by atoms with E-state index in [1.807, 2.05) is 11.0 Å². The molecule has 2 heterocycles. The third kappa shape index (κ3) is 2.10. The van der Waals surface area contributed by atoms with Gasteiger partial charge >= 0.3 is 0 Å². The van der Waals surface area contributed by atoms with Crippen LogP contribution in [0, 0.1) is 6.92 Å². The van der Waals surface area contributed by atoms with Gasteiger partial charge in [-0.05, 0) is 36.6 Å². The van der Waals surface area contributed by atoms with Gasteiger partial charge in [-0.3, -0.25) is 4.79 Å². The zero-order chi connectivity index (χ0) is 13.4. The Bertz CT molecular complexity index is 501. The Morgan fingerprint density at radius 2 is 2.26 bits per heavy atom. The fourth-order valence-electron chi connectivity index (χ4n) is 3.31. The van der Waals surface area contributed by atoms with Crippen LogP contribution in [0.3, 0.4) is 0 Å². The highest BCUT2D eigenvalue weighted by Crippen LogP contribution is 2.34. The summed E-state index contributed by atoms with van der Waals surface area (Å²) in [5, 5.41) is 3.57. The van der Waals surface area contributed by atoms with Crippen molar-refractivity contribution in [2.75, 3.05) is 20.2 Å². The van der Waals surface area contributed by atoms with Crippen molar-refractivity contribution in [3.05, 3.63) is 29.3 Å². The van der Waals surface area contributed by atoms with Crippen LogP contribution in [0.25, 0.3) is 0 Å². The first-order valence-electron chi connectivity index (χ1n) is 6.88. The molecule has 1 aromatic rings. The normalized spacial score (nSPS) is 26.4. The van der Waals surface area contributed by atoms with Crippen LogP contribution < -0.4 is 10.1 Å². The van der Waals surface area contributed by atoms with Crippen molar-refractivity contribution >= 4 is 5.91 Å². The highest BCUT2D eigenvalue weighted by Gasteiger charge is 2.39. The molecule has 2 saturated heterocycles. The quantitative estimate of drug-likeness (QED) is 0.879. The van der Waals surface area contributed by atoms with Gasteiger partial charge in [0.05, 0.1) is 19.2 Å². The van der Waals surface area contributed by atoms with E-state index in [9.17, 15) is 4.79 Å². The summed E-state index contributed by atoms with van der Waals surface area (Å²) in [4.78, 5) is 13.9. The number of aryl methyl sites for hydroxylation is 1. The average Bonchev–Trinajstić information content (AvgIpc) is 2.81. The van der Waals surface area contributed by atoms with E-state index >= 15 is 0 Å². The lowest BCUT2D eigenvalue weighted by atomic mass is 9.92. The topological polar surface area (TPSA) is 41.6 Å². The molecule has 2 atom stereocenters. The molecule has 0 bridgehead atoms. The molecule has 1 N–H and O–H groups in total. The summed E-state index contributed by atoms with van der Waals surface area (Å²) in [6, 6.07) is 6.75. The summed E-state index contributed by atoms with van der Waals surface area (Å²) in [5.74, 6) is 1.19. The Morgan fingerprint density at radius 3 is 3.00 bits per heavy atom. The number of hydrogen-bond acceptors (Lipinski definition) is 3. The van der Waals surface area contributed by atoms with Crippen LogP contribution >= 0.6 is 0 Å². The van der Waals surface area contributed by atoms with E-state index in [4.69, 9.17) is 4.74 Å². The third-order valence-electron chi connectivity index (χ3n) is 4.29. The molecule has 2 fully saturated rings. The average molecular weight is 260 g/mol. The van der Waals surface area contributed by atoms with Gasteiger partial charge in [-0.25, -0.2) is 0 Å². The number of piperazine rings is 1. The number of methoxy groups -OCH3 is 1. The first-order chi connectivity index (χ1) is 9.20. The molecular formula is C15H20N2O2. The summed E-state index contributed by atoms with van der Waals surface area (Å²) >= 11 is 0. The molecule has 2 aliphatic heterocycles. The van der Waals surface area contributed by atoms with Crippen LogP contribution in [0.4, 0.5) is 0 Å². The van der Waals surface area contributed by atoms with E-state index < -0.39 is 0 Å². The van der Waals surface area contributed by atoms with Gasteiger partial charge in [0.2, 0.25) is 5.91 Å². The fourth-order valence-corrected chi connectivity index (χ4v) is 3.31. The molecule has 0 saturated carbocycles. The summed E-state index contributed by atoms with van der Waals surface area (Å²) in [6.45, 7) is 3.82. The monoisotopic (exact) mass is 260 g/mol. The van der Waals surface area contributed by atoms with E-state index in [-0.39, 0.29) is 6.04 Å². The number of hydrogen-bond donors (Lipinski definition) is 1. The first-order valence-corrected chi connectivity index (χ1v) is 6.88.